The first-order chi connectivity index (χ1) is 5.72. The monoisotopic (exact) mass is 256 g/mol. The molecule has 0 fully saturated rings. The van der Waals surface area contributed by atoms with Gasteiger partial charge in [0.15, 0.2) is 0 Å². The molecule has 0 heterocycles. The first-order valence-corrected chi connectivity index (χ1v) is 4.30. The summed E-state index contributed by atoms with van der Waals surface area (Å²) in [6, 6.07) is 8.10. The Hall–Kier alpha value is 0.01000. The number of rotatable bonds is 3. The van der Waals surface area contributed by atoms with Crippen LogP contribution in [-0.2, 0) is 6.42 Å². The van der Waals surface area contributed by atoms with Gasteiger partial charge in [0.25, 0.3) is 0 Å². The van der Waals surface area contributed by atoms with E-state index in [-0.39, 0.29) is 24.8 Å². The van der Waals surface area contributed by atoms with Crippen LogP contribution in [0.4, 0.5) is 0 Å². The quantitative estimate of drug-likeness (QED) is 0.645. The normalized spacial score (nSPS) is 11.1. The van der Waals surface area contributed by atoms with Crippen molar-refractivity contribution in [2.24, 2.45) is 5.84 Å². The summed E-state index contributed by atoms with van der Waals surface area (Å²) < 4.78 is 0. The molecular weight excluding hydrogens is 242 g/mol. The van der Waals surface area contributed by atoms with Crippen LogP contribution in [-0.4, -0.2) is 6.04 Å². The molecule has 1 unspecified atom stereocenters. The second-order valence-corrected chi connectivity index (χ2v) is 3.33. The Bertz CT molecular complexity index is 238. The third kappa shape index (κ3) is 5.68. The zero-order chi connectivity index (χ0) is 8.97. The highest BCUT2D eigenvalue weighted by Gasteiger charge is 1.99. The number of nitrogens with one attached hydrogen (secondary N) is 1. The molecule has 0 aliphatic rings. The van der Waals surface area contributed by atoms with Crippen molar-refractivity contribution in [1.82, 2.24) is 5.43 Å². The van der Waals surface area contributed by atoms with Gasteiger partial charge >= 0.3 is 0 Å². The maximum absolute atomic E-state index is 5.74. The zero-order valence-corrected chi connectivity index (χ0v) is 10.3. The molecule has 0 spiro atoms. The molecule has 0 saturated carbocycles. The number of hydrazine groups is 1. The molecule has 0 aliphatic carbocycles. The Morgan fingerprint density at radius 2 is 1.79 bits per heavy atom. The van der Waals surface area contributed by atoms with E-state index in [4.69, 9.17) is 17.4 Å². The largest absolute Gasteiger partial charge is 0.271 e. The van der Waals surface area contributed by atoms with E-state index in [0.717, 1.165) is 11.4 Å². The molecular formula is C9H15Cl3N2. The minimum Gasteiger partial charge on any atom is -0.271 e. The average Bonchev–Trinajstić information content (AvgIpc) is 2.09. The van der Waals surface area contributed by atoms with Crippen LogP contribution < -0.4 is 11.3 Å². The first-order valence-electron chi connectivity index (χ1n) is 3.93. The second-order valence-electron chi connectivity index (χ2n) is 2.90. The van der Waals surface area contributed by atoms with Crippen LogP contribution in [0.3, 0.4) is 0 Å². The van der Waals surface area contributed by atoms with Gasteiger partial charge in [-0.2, -0.15) is 0 Å². The van der Waals surface area contributed by atoms with Gasteiger partial charge in [-0.1, -0.05) is 23.7 Å². The lowest BCUT2D eigenvalue weighted by Gasteiger charge is -2.08. The van der Waals surface area contributed by atoms with E-state index in [2.05, 4.69) is 5.43 Å². The first kappa shape index (κ1) is 16.4. The van der Waals surface area contributed by atoms with Gasteiger partial charge in [0.05, 0.1) is 0 Å². The summed E-state index contributed by atoms with van der Waals surface area (Å²) in [7, 11) is 0. The van der Waals surface area contributed by atoms with Crippen molar-refractivity contribution in [1.29, 1.82) is 0 Å². The molecule has 0 aliphatic heterocycles. The molecule has 5 heteroatoms. The zero-order valence-electron chi connectivity index (χ0n) is 7.87. The third-order valence-corrected chi connectivity index (χ3v) is 1.99. The standard InChI is InChI=1S/C9H13ClN2.2ClH/c1-7(12-11)6-8-2-4-9(10)5-3-8;;/h2-5,7,12H,6,11H2,1H3;2*1H. The van der Waals surface area contributed by atoms with Crippen LogP contribution in [0.25, 0.3) is 0 Å². The summed E-state index contributed by atoms with van der Waals surface area (Å²) in [5.74, 6) is 5.27. The number of nitrogens with two attached hydrogens (primary N) is 1. The van der Waals surface area contributed by atoms with Crippen LogP contribution in [0, 0.1) is 0 Å². The number of hydrogen-bond acceptors (Lipinski definition) is 2. The minimum atomic E-state index is 0. The summed E-state index contributed by atoms with van der Waals surface area (Å²) >= 11 is 5.74. The summed E-state index contributed by atoms with van der Waals surface area (Å²) in [6.45, 7) is 2.04. The summed E-state index contributed by atoms with van der Waals surface area (Å²) in [5.41, 5.74) is 3.94. The Morgan fingerprint density at radius 3 is 2.21 bits per heavy atom. The lowest BCUT2D eigenvalue weighted by molar-refractivity contribution is 0.568. The maximum Gasteiger partial charge on any atom is 0.0406 e. The molecule has 0 radical (unpaired) electrons. The molecule has 1 aromatic rings. The maximum atomic E-state index is 5.74. The van der Waals surface area contributed by atoms with Gasteiger partial charge in [-0.05, 0) is 31.0 Å². The Balaban J connectivity index is 0. The third-order valence-electron chi connectivity index (χ3n) is 1.74. The molecule has 14 heavy (non-hydrogen) atoms. The van der Waals surface area contributed by atoms with Gasteiger partial charge < -0.3 is 0 Å². The average molecular weight is 258 g/mol. The van der Waals surface area contributed by atoms with Crippen molar-refractivity contribution < 1.29 is 0 Å². The highest BCUT2D eigenvalue weighted by atomic mass is 35.5. The van der Waals surface area contributed by atoms with Crippen LogP contribution in [0.15, 0.2) is 24.3 Å². The highest BCUT2D eigenvalue weighted by Crippen LogP contribution is 2.10. The van der Waals surface area contributed by atoms with E-state index in [1.165, 1.54) is 5.56 Å². The highest BCUT2D eigenvalue weighted by molar-refractivity contribution is 6.30. The van der Waals surface area contributed by atoms with E-state index < -0.39 is 0 Å². The predicted octanol–water partition coefficient (Wildman–Crippen LogP) is 2.58. The molecule has 0 amide bonds. The van der Waals surface area contributed by atoms with Crippen LogP contribution in [0.2, 0.25) is 5.02 Å². The minimum absolute atomic E-state index is 0. The van der Waals surface area contributed by atoms with Crippen molar-refractivity contribution in [3.8, 4) is 0 Å². The van der Waals surface area contributed by atoms with Crippen LogP contribution >= 0.6 is 36.4 Å². The second kappa shape index (κ2) is 8.33. The Morgan fingerprint density at radius 1 is 1.29 bits per heavy atom. The SMILES string of the molecule is CC(Cc1ccc(Cl)cc1)NN.Cl.Cl. The fourth-order valence-corrected chi connectivity index (χ4v) is 1.16. The van der Waals surface area contributed by atoms with Gasteiger partial charge in [0, 0.05) is 11.1 Å². The van der Waals surface area contributed by atoms with Gasteiger partial charge in [0.2, 0.25) is 0 Å². The fraction of sp³-hybridized carbons (Fsp3) is 0.333. The van der Waals surface area contributed by atoms with Crippen LogP contribution in [0.5, 0.6) is 0 Å². The van der Waals surface area contributed by atoms with Crippen molar-refractivity contribution in [3.63, 3.8) is 0 Å². The Labute approximate surface area is 102 Å². The fourth-order valence-electron chi connectivity index (χ4n) is 1.03. The van der Waals surface area contributed by atoms with E-state index in [9.17, 15) is 0 Å². The number of hydrogen-bond donors (Lipinski definition) is 2. The number of benzene rings is 1. The lowest BCUT2D eigenvalue weighted by atomic mass is 10.1. The number of halogens is 3. The predicted molar refractivity (Wildman–Crippen MR) is 66.4 cm³/mol. The van der Waals surface area contributed by atoms with Gasteiger partial charge in [-0.15, -0.1) is 24.8 Å². The molecule has 82 valence electrons. The van der Waals surface area contributed by atoms with Crippen molar-refractivity contribution in [3.05, 3.63) is 34.9 Å². The van der Waals surface area contributed by atoms with Gasteiger partial charge in [-0.25, -0.2) is 0 Å². The molecule has 1 rings (SSSR count). The smallest absolute Gasteiger partial charge is 0.0406 e. The molecule has 2 nitrogen and oxygen atoms in total. The molecule has 1 atom stereocenters. The summed E-state index contributed by atoms with van der Waals surface area (Å²) in [6.07, 6.45) is 0.924. The molecule has 0 bridgehead atoms. The van der Waals surface area contributed by atoms with Gasteiger partial charge in [-0.3, -0.25) is 11.3 Å². The van der Waals surface area contributed by atoms with E-state index >= 15 is 0 Å². The van der Waals surface area contributed by atoms with E-state index in [0.29, 0.717) is 6.04 Å². The van der Waals surface area contributed by atoms with E-state index in [1.54, 1.807) is 0 Å². The molecule has 3 N–H and O–H groups in total. The molecule has 0 aromatic heterocycles. The van der Waals surface area contributed by atoms with Crippen molar-refractivity contribution >= 4 is 36.4 Å². The summed E-state index contributed by atoms with van der Waals surface area (Å²) in [5, 5.41) is 0.770. The molecule has 1 aromatic carbocycles. The summed E-state index contributed by atoms with van der Waals surface area (Å²) in [4.78, 5) is 0. The lowest BCUT2D eigenvalue weighted by Crippen LogP contribution is -2.33. The topological polar surface area (TPSA) is 38.0 Å². The van der Waals surface area contributed by atoms with Gasteiger partial charge in [0.1, 0.15) is 0 Å². The Kier molecular flexibility index (Phi) is 9.78. The van der Waals surface area contributed by atoms with Crippen LogP contribution in [0.1, 0.15) is 12.5 Å². The molecule has 0 saturated heterocycles. The van der Waals surface area contributed by atoms with Crippen molar-refractivity contribution in [2.45, 2.75) is 19.4 Å². The van der Waals surface area contributed by atoms with Crippen molar-refractivity contribution in [2.75, 3.05) is 0 Å². The van der Waals surface area contributed by atoms with E-state index in [1.807, 2.05) is 31.2 Å².